The Balaban J connectivity index is 1.80. The summed E-state index contributed by atoms with van der Waals surface area (Å²) >= 11 is 0. The van der Waals surface area contributed by atoms with Gasteiger partial charge in [0.2, 0.25) is 5.91 Å². The standard InChI is InChI=1S/C15H22N2O2/c1-11-5-4-8-16-13(11)10-17-15(19)9-12-6-2-3-7-14(12)18/h4-5,8,12,14,18H,2-3,6-7,9-10H2,1H3,(H,17,19)/t12-,14+/m0/s1. The number of nitrogens with zero attached hydrogens (tertiary/aromatic N) is 1. The van der Waals surface area contributed by atoms with Crippen molar-refractivity contribution in [2.24, 2.45) is 5.92 Å². The minimum atomic E-state index is -0.309. The molecule has 0 radical (unpaired) electrons. The molecule has 0 bridgehead atoms. The first-order chi connectivity index (χ1) is 9.16. The van der Waals surface area contributed by atoms with E-state index in [0.29, 0.717) is 13.0 Å². The predicted molar refractivity (Wildman–Crippen MR) is 73.4 cm³/mol. The van der Waals surface area contributed by atoms with Gasteiger partial charge in [0.05, 0.1) is 18.3 Å². The number of carbonyl (C=O) groups is 1. The quantitative estimate of drug-likeness (QED) is 0.871. The zero-order valence-corrected chi connectivity index (χ0v) is 11.4. The van der Waals surface area contributed by atoms with Crippen LogP contribution in [-0.2, 0) is 11.3 Å². The molecule has 1 aromatic heterocycles. The van der Waals surface area contributed by atoms with Gasteiger partial charge in [0.25, 0.3) is 0 Å². The van der Waals surface area contributed by atoms with Crippen LogP contribution in [0.5, 0.6) is 0 Å². The van der Waals surface area contributed by atoms with Crippen LogP contribution in [0.2, 0.25) is 0 Å². The van der Waals surface area contributed by atoms with Crippen LogP contribution < -0.4 is 5.32 Å². The number of aryl methyl sites for hydroxylation is 1. The van der Waals surface area contributed by atoms with Crippen LogP contribution >= 0.6 is 0 Å². The largest absolute Gasteiger partial charge is 0.393 e. The van der Waals surface area contributed by atoms with Crippen molar-refractivity contribution < 1.29 is 9.90 Å². The molecule has 0 aromatic carbocycles. The molecule has 1 saturated carbocycles. The third-order valence-corrected chi connectivity index (χ3v) is 3.89. The van der Waals surface area contributed by atoms with E-state index < -0.39 is 0 Å². The van der Waals surface area contributed by atoms with Gasteiger partial charge < -0.3 is 10.4 Å². The topological polar surface area (TPSA) is 62.2 Å². The summed E-state index contributed by atoms with van der Waals surface area (Å²) < 4.78 is 0. The zero-order valence-electron chi connectivity index (χ0n) is 11.4. The van der Waals surface area contributed by atoms with Gasteiger partial charge in [-0.2, -0.15) is 0 Å². The smallest absolute Gasteiger partial charge is 0.220 e. The fraction of sp³-hybridized carbons (Fsp3) is 0.600. The number of rotatable bonds is 4. The van der Waals surface area contributed by atoms with Gasteiger partial charge in [0.15, 0.2) is 0 Å². The molecule has 0 aliphatic heterocycles. The van der Waals surface area contributed by atoms with Crippen molar-refractivity contribution in [2.45, 2.75) is 51.7 Å². The van der Waals surface area contributed by atoms with Crippen LogP contribution in [0.3, 0.4) is 0 Å². The average Bonchev–Trinajstić information content (AvgIpc) is 2.40. The van der Waals surface area contributed by atoms with Crippen molar-refractivity contribution in [3.63, 3.8) is 0 Å². The Labute approximate surface area is 114 Å². The second kappa shape index (κ2) is 6.66. The number of hydrogen-bond acceptors (Lipinski definition) is 3. The van der Waals surface area contributed by atoms with Crippen molar-refractivity contribution in [2.75, 3.05) is 0 Å². The highest BCUT2D eigenvalue weighted by Crippen LogP contribution is 2.26. The molecule has 2 N–H and O–H groups in total. The summed E-state index contributed by atoms with van der Waals surface area (Å²) in [6.07, 6.45) is 5.83. The minimum absolute atomic E-state index is 0.0102. The lowest BCUT2D eigenvalue weighted by Crippen LogP contribution is -2.32. The Bertz CT molecular complexity index is 434. The fourth-order valence-electron chi connectivity index (χ4n) is 2.62. The molecule has 2 atom stereocenters. The lowest BCUT2D eigenvalue weighted by molar-refractivity contribution is -0.123. The van der Waals surface area contributed by atoms with Crippen LogP contribution in [0.15, 0.2) is 18.3 Å². The molecule has 2 rings (SSSR count). The first kappa shape index (κ1) is 14.0. The predicted octanol–water partition coefficient (Wildman–Crippen LogP) is 1.95. The number of hydrogen-bond donors (Lipinski definition) is 2. The fourth-order valence-corrected chi connectivity index (χ4v) is 2.62. The average molecular weight is 262 g/mol. The van der Waals surface area contributed by atoms with Crippen LogP contribution in [0.1, 0.15) is 43.4 Å². The van der Waals surface area contributed by atoms with Gasteiger partial charge in [-0.25, -0.2) is 0 Å². The second-order valence-corrected chi connectivity index (χ2v) is 5.36. The van der Waals surface area contributed by atoms with Gasteiger partial charge >= 0.3 is 0 Å². The summed E-state index contributed by atoms with van der Waals surface area (Å²) in [4.78, 5) is 16.1. The van der Waals surface area contributed by atoms with E-state index in [4.69, 9.17) is 0 Å². The molecule has 4 nitrogen and oxygen atoms in total. The second-order valence-electron chi connectivity index (χ2n) is 5.36. The van der Waals surface area contributed by atoms with Gasteiger partial charge in [-0.15, -0.1) is 0 Å². The highest BCUT2D eigenvalue weighted by molar-refractivity contribution is 5.76. The van der Waals surface area contributed by atoms with E-state index in [0.717, 1.165) is 36.9 Å². The molecule has 4 heteroatoms. The number of aliphatic hydroxyl groups excluding tert-OH is 1. The van der Waals surface area contributed by atoms with Crippen LogP contribution in [0, 0.1) is 12.8 Å². The molecule has 1 aliphatic rings. The summed E-state index contributed by atoms with van der Waals surface area (Å²) in [7, 11) is 0. The van der Waals surface area contributed by atoms with Crippen molar-refractivity contribution >= 4 is 5.91 Å². The number of carbonyl (C=O) groups excluding carboxylic acids is 1. The van der Waals surface area contributed by atoms with E-state index in [9.17, 15) is 9.90 Å². The first-order valence-electron chi connectivity index (χ1n) is 7.02. The van der Waals surface area contributed by atoms with E-state index in [2.05, 4.69) is 10.3 Å². The van der Waals surface area contributed by atoms with E-state index in [1.807, 2.05) is 19.1 Å². The third kappa shape index (κ3) is 4.03. The van der Waals surface area contributed by atoms with E-state index in [-0.39, 0.29) is 17.9 Å². The summed E-state index contributed by atoms with van der Waals surface area (Å²) in [6.45, 7) is 2.45. The maximum Gasteiger partial charge on any atom is 0.220 e. The van der Waals surface area contributed by atoms with Gasteiger partial charge in [-0.3, -0.25) is 9.78 Å². The summed E-state index contributed by atoms with van der Waals surface area (Å²) in [6, 6.07) is 3.87. The normalized spacial score (nSPS) is 23.1. The van der Waals surface area contributed by atoms with Gasteiger partial charge in [0.1, 0.15) is 0 Å². The molecule has 19 heavy (non-hydrogen) atoms. The number of pyridine rings is 1. The van der Waals surface area contributed by atoms with Crippen LogP contribution in [-0.4, -0.2) is 22.1 Å². The Morgan fingerprint density at radius 1 is 1.47 bits per heavy atom. The maximum absolute atomic E-state index is 11.9. The van der Waals surface area contributed by atoms with Crippen LogP contribution in [0.4, 0.5) is 0 Å². The summed E-state index contributed by atoms with van der Waals surface area (Å²) in [5.74, 6) is 0.134. The summed E-state index contributed by atoms with van der Waals surface area (Å²) in [5, 5.41) is 12.7. The number of amides is 1. The number of nitrogens with one attached hydrogen (secondary N) is 1. The first-order valence-corrected chi connectivity index (χ1v) is 7.02. The third-order valence-electron chi connectivity index (χ3n) is 3.89. The van der Waals surface area contributed by atoms with Crippen LogP contribution in [0.25, 0.3) is 0 Å². The van der Waals surface area contributed by atoms with Crippen molar-refractivity contribution in [3.05, 3.63) is 29.6 Å². The van der Waals surface area contributed by atoms with E-state index >= 15 is 0 Å². The van der Waals surface area contributed by atoms with E-state index in [1.165, 1.54) is 0 Å². The van der Waals surface area contributed by atoms with Crippen molar-refractivity contribution in [1.29, 1.82) is 0 Å². The summed E-state index contributed by atoms with van der Waals surface area (Å²) in [5.41, 5.74) is 1.99. The molecule has 0 unspecified atom stereocenters. The molecular formula is C15H22N2O2. The lowest BCUT2D eigenvalue weighted by Gasteiger charge is -2.26. The van der Waals surface area contributed by atoms with Gasteiger partial charge in [-0.05, 0) is 37.3 Å². The molecule has 1 fully saturated rings. The molecule has 1 aromatic rings. The van der Waals surface area contributed by atoms with Crippen molar-refractivity contribution in [3.8, 4) is 0 Å². The van der Waals surface area contributed by atoms with Crippen molar-refractivity contribution in [1.82, 2.24) is 10.3 Å². The maximum atomic E-state index is 11.9. The Morgan fingerprint density at radius 2 is 2.26 bits per heavy atom. The Kier molecular flexibility index (Phi) is 4.91. The lowest BCUT2D eigenvalue weighted by atomic mass is 9.84. The van der Waals surface area contributed by atoms with E-state index in [1.54, 1.807) is 6.20 Å². The molecular weight excluding hydrogens is 240 g/mol. The SMILES string of the molecule is Cc1cccnc1CNC(=O)C[C@@H]1CCCC[C@H]1O. The minimum Gasteiger partial charge on any atom is -0.393 e. The van der Waals surface area contributed by atoms with Gasteiger partial charge in [0, 0.05) is 12.6 Å². The Morgan fingerprint density at radius 3 is 3.00 bits per heavy atom. The molecule has 0 saturated heterocycles. The Hall–Kier alpha value is -1.42. The molecule has 104 valence electrons. The van der Waals surface area contributed by atoms with Gasteiger partial charge in [-0.1, -0.05) is 18.9 Å². The molecule has 1 amide bonds. The monoisotopic (exact) mass is 262 g/mol. The molecule has 0 spiro atoms. The number of aliphatic hydroxyl groups is 1. The number of aromatic nitrogens is 1. The highest BCUT2D eigenvalue weighted by atomic mass is 16.3. The zero-order chi connectivity index (χ0) is 13.7. The molecule has 1 aliphatic carbocycles. The molecule has 1 heterocycles. The highest BCUT2D eigenvalue weighted by Gasteiger charge is 2.25.